The second-order valence-electron chi connectivity index (χ2n) is 3.87. The first-order valence-corrected chi connectivity index (χ1v) is 5.44. The van der Waals surface area contributed by atoms with Crippen LogP contribution in [-0.2, 0) is 9.53 Å². The number of hydrogen-bond donors (Lipinski definition) is 1. The average Bonchev–Trinajstić information content (AvgIpc) is 2.54. The van der Waals surface area contributed by atoms with Gasteiger partial charge in [-0.05, 0) is 24.3 Å². The van der Waals surface area contributed by atoms with Gasteiger partial charge in [-0.1, -0.05) is 0 Å². The van der Waals surface area contributed by atoms with Gasteiger partial charge in [-0.2, -0.15) is 0 Å². The summed E-state index contributed by atoms with van der Waals surface area (Å²) >= 11 is 0. The molecule has 0 aromatic heterocycles. The molecule has 0 saturated heterocycles. The lowest BCUT2D eigenvalue weighted by Crippen LogP contribution is -2.15. The van der Waals surface area contributed by atoms with E-state index >= 15 is 0 Å². The van der Waals surface area contributed by atoms with Crippen LogP contribution in [0.5, 0.6) is 5.75 Å². The number of amidine groups is 1. The van der Waals surface area contributed by atoms with Crippen LogP contribution in [0.25, 0.3) is 6.08 Å². The number of methoxy groups -OCH3 is 2. The predicted octanol–water partition coefficient (Wildman–Crippen LogP) is 1.64. The summed E-state index contributed by atoms with van der Waals surface area (Å²) in [5.74, 6) is 0.685. The maximum absolute atomic E-state index is 11.6. The molecule has 0 spiro atoms. The van der Waals surface area contributed by atoms with Gasteiger partial charge in [0.15, 0.2) is 0 Å². The minimum atomic E-state index is -0.399. The van der Waals surface area contributed by atoms with E-state index in [1.165, 1.54) is 7.11 Å². The molecule has 0 fully saturated rings. The van der Waals surface area contributed by atoms with Gasteiger partial charge in [0, 0.05) is 17.6 Å². The number of fused-ring (bicyclic) bond motifs is 1. The van der Waals surface area contributed by atoms with Crippen LogP contribution in [0.4, 0.5) is 5.69 Å². The molecule has 2 rings (SSSR count). The van der Waals surface area contributed by atoms with Crippen molar-refractivity contribution >= 4 is 23.6 Å². The Labute approximate surface area is 105 Å². The fourth-order valence-electron chi connectivity index (χ4n) is 1.77. The molecule has 94 valence electrons. The van der Waals surface area contributed by atoms with E-state index in [1.807, 2.05) is 0 Å². The molecule has 0 amide bonds. The van der Waals surface area contributed by atoms with Crippen LogP contribution in [-0.4, -0.2) is 26.0 Å². The molecule has 0 radical (unpaired) electrons. The Morgan fingerprint density at radius 3 is 2.83 bits per heavy atom. The van der Waals surface area contributed by atoms with E-state index in [0.29, 0.717) is 22.8 Å². The van der Waals surface area contributed by atoms with Crippen molar-refractivity contribution < 1.29 is 14.3 Å². The number of hydrogen-bond acceptors (Lipinski definition) is 5. The first-order chi connectivity index (χ1) is 8.63. The number of benzene rings is 1. The third-order valence-corrected chi connectivity index (χ3v) is 2.65. The zero-order valence-electron chi connectivity index (χ0n) is 10.3. The van der Waals surface area contributed by atoms with Crippen LogP contribution in [0.2, 0.25) is 0 Å². The number of nitrogens with two attached hydrogens (primary N) is 1. The Bertz CT molecular complexity index is 547. The van der Waals surface area contributed by atoms with Gasteiger partial charge >= 0.3 is 5.97 Å². The number of nitrogens with zero attached hydrogens (tertiary/aromatic N) is 1. The number of carbonyl (C=O) groups is 1. The minimum absolute atomic E-state index is 0.281. The molecule has 1 aromatic rings. The smallest absolute Gasteiger partial charge is 0.334 e. The van der Waals surface area contributed by atoms with Crippen LogP contribution in [0, 0.1) is 0 Å². The Morgan fingerprint density at radius 1 is 1.39 bits per heavy atom. The van der Waals surface area contributed by atoms with Crippen molar-refractivity contribution in [2.24, 2.45) is 10.7 Å². The van der Waals surface area contributed by atoms with Gasteiger partial charge in [-0.25, -0.2) is 9.79 Å². The Balaban J connectivity index is 2.53. The summed E-state index contributed by atoms with van der Waals surface area (Å²) in [5, 5.41) is 0. The van der Waals surface area contributed by atoms with Crippen molar-refractivity contribution in [2.45, 2.75) is 6.42 Å². The zero-order chi connectivity index (χ0) is 13.1. The average molecular weight is 246 g/mol. The van der Waals surface area contributed by atoms with E-state index in [9.17, 15) is 4.79 Å². The molecule has 5 heteroatoms. The van der Waals surface area contributed by atoms with Gasteiger partial charge < -0.3 is 15.2 Å². The summed E-state index contributed by atoms with van der Waals surface area (Å²) in [7, 11) is 2.93. The molecule has 1 heterocycles. The van der Waals surface area contributed by atoms with E-state index in [4.69, 9.17) is 15.2 Å². The van der Waals surface area contributed by atoms with Crippen molar-refractivity contribution in [3.05, 3.63) is 29.3 Å². The van der Waals surface area contributed by atoms with E-state index in [2.05, 4.69) is 4.99 Å². The molecule has 1 aromatic carbocycles. The van der Waals surface area contributed by atoms with E-state index < -0.39 is 5.97 Å². The summed E-state index contributed by atoms with van der Waals surface area (Å²) in [6.45, 7) is 0. The fourth-order valence-corrected chi connectivity index (χ4v) is 1.77. The standard InChI is InChI=1S/C13H14N2O3/c1-17-10-3-4-11-8(6-10)5-9(13(16)18-2)7-12(14)15-11/h3-6H,7H2,1-2H3,(H2,14,15). The highest BCUT2D eigenvalue weighted by Gasteiger charge is 2.16. The number of carbonyl (C=O) groups excluding carboxylic acids is 1. The Morgan fingerprint density at radius 2 is 2.17 bits per heavy atom. The number of ether oxygens (including phenoxy) is 2. The Kier molecular flexibility index (Phi) is 3.32. The molecule has 1 aliphatic heterocycles. The first kappa shape index (κ1) is 12.2. The fraction of sp³-hybridized carbons (Fsp3) is 0.231. The topological polar surface area (TPSA) is 73.9 Å². The van der Waals surface area contributed by atoms with E-state index in [0.717, 1.165) is 5.56 Å². The summed E-state index contributed by atoms with van der Waals surface area (Å²) in [4.78, 5) is 15.9. The summed E-state index contributed by atoms with van der Waals surface area (Å²) < 4.78 is 9.86. The van der Waals surface area contributed by atoms with E-state index in [-0.39, 0.29) is 6.42 Å². The van der Waals surface area contributed by atoms with Crippen molar-refractivity contribution in [1.82, 2.24) is 0 Å². The number of rotatable bonds is 2. The van der Waals surface area contributed by atoms with E-state index in [1.54, 1.807) is 31.4 Å². The first-order valence-electron chi connectivity index (χ1n) is 5.44. The molecule has 2 N–H and O–H groups in total. The monoisotopic (exact) mass is 246 g/mol. The lowest BCUT2D eigenvalue weighted by molar-refractivity contribution is -0.136. The highest BCUT2D eigenvalue weighted by atomic mass is 16.5. The van der Waals surface area contributed by atoms with Crippen molar-refractivity contribution in [3.63, 3.8) is 0 Å². The third kappa shape index (κ3) is 2.34. The third-order valence-electron chi connectivity index (χ3n) is 2.65. The molecule has 0 unspecified atom stereocenters. The normalized spacial score (nSPS) is 13.9. The summed E-state index contributed by atoms with van der Waals surface area (Å²) in [5.41, 5.74) is 7.75. The van der Waals surface area contributed by atoms with Crippen molar-refractivity contribution in [1.29, 1.82) is 0 Å². The maximum atomic E-state index is 11.6. The number of aliphatic imine (C=N–C) groups is 1. The molecule has 1 aliphatic rings. The summed E-state index contributed by atoms with van der Waals surface area (Å²) in [6, 6.07) is 5.41. The Hall–Kier alpha value is -2.30. The highest BCUT2D eigenvalue weighted by molar-refractivity contribution is 6.03. The highest BCUT2D eigenvalue weighted by Crippen LogP contribution is 2.29. The molecule has 18 heavy (non-hydrogen) atoms. The lowest BCUT2D eigenvalue weighted by Gasteiger charge is -2.04. The lowest BCUT2D eigenvalue weighted by atomic mass is 10.1. The second kappa shape index (κ2) is 4.91. The van der Waals surface area contributed by atoms with Crippen molar-refractivity contribution in [3.8, 4) is 5.75 Å². The molecule has 5 nitrogen and oxygen atoms in total. The van der Waals surface area contributed by atoms with Gasteiger partial charge in [0.05, 0.1) is 19.9 Å². The minimum Gasteiger partial charge on any atom is -0.497 e. The number of esters is 1. The van der Waals surface area contributed by atoms with Crippen LogP contribution < -0.4 is 10.5 Å². The van der Waals surface area contributed by atoms with Crippen LogP contribution in [0.15, 0.2) is 28.8 Å². The zero-order valence-corrected chi connectivity index (χ0v) is 10.3. The molecule has 0 bridgehead atoms. The van der Waals surface area contributed by atoms with Gasteiger partial charge in [0.25, 0.3) is 0 Å². The largest absolute Gasteiger partial charge is 0.497 e. The van der Waals surface area contributed by atoms with Gasteiger partial charge in [0.2, 0.25) is 0 Å². The second-order valence-corrected chi connectivity index (χ2v) is 3.87. The van der Waals surface area contributed by atoms with Gasteiger partial charge in [-0.3, -0.25) is 0 Å². The molecule has 0 atom stereocenters. The van der Waals surface area contributed by atoms with Crippen molar-refractivity contribution in [2.75, 3.05) is 14.2 Å². The molecule has 0 saturated carbocycles. The van der Waals surface area contributed by atoms with Gasteiger partial charge in [-0.15, -0.1) is 0 Å². The van der Waals surface area contributed by atoms with Crippen LogP contribution in [0.1, 0.15) is 12.0 Å². The maximum Gasteiger partial charge on any atom is 0.334 e. The van der Waals surface area contributed by atoms with Crippen LogP contribution in [0.3, 0.4) is 0 Å². The van der Waals surface area contributed by atoms with Crippen LogP contribution >= 0.6 is 0 Å². The predicted molar refractivity (Wildman–Crippen MR) is 68.9 cm³/mol. The molecular weight excluding hydrogens is 232 g/mol. The molecule has 0 aliphatic carbocycles. The molecular formula is C13H14N2O3. The van der Waals surface area contributed by atoms with Gasteiger partial charge in [0.1, 0.15) is 11.6 Å². The summed E-state index contributed by atoms with van der Waals surface area (Å²) in [6.07, 6.45) is 2.01. The quantitative estimate of drug-likeness (QED) is 0.805. The SMILES string of the molecule is COC(=O)C1=Cc2cc(OC)ccc2N=C(N)C1.